The molecule has 2 aromatic rings. The van der Waals surface area contributed by atoms with Gasteiger partial charge in [0.2, 0.25) is 0 Å². The second-order valence-electron chi connectivity index (χ2n) is 5.61. The topological polar surface area (TPSA) is 50.2 Å². The van der Waals surface area contributed by atoms with Gasteiger partial charge in [0.25, 0.3) is 5.91 Å². The second-order valence-corrected chi connectivity index (χ2v) is 6.52. The van der Waals surface area contributed by atoms with Crippen molar-refractivity contribution in [3.05, 3.63) is 46.7 Å². The van der Waals surface area contributed by atoms with E-state index in [9.17, 15) is 4.79 Å². The number of hydrogen-bond acceptors (Lipinski definition) is 3. The van der Waals surface area contributed by atoms with Gasteiger partial charge in [0.1, 0.15) is 0 Å². The molecule has 3 rings (SSSR count). The highest BCUT2D eigenvalue weighted by molar-refractivity contribution is 9.10. The summed E-state index contributed by atoms with van der Waals surface area (Å²) in [7, 11) is 0. The van der Waals surface area contributed by atoms with Crippen molar-refractivity contribution in [1.82, 2.24) is 20.0 Å². The van der Waals surface area contributed by atoms with Gasteiger partial charge in [-0.25, -0.2) is 4.68 Å². The predicted octanol–water partition coefficient (Wildman–Crippen LogP) is 2.46. The second kappa shape index (κ2) is 6.22. The van der Waals surface area contributed by atoms with E-state index in [1.807, 2.05) is 35.4 Å². The lowest BCUT2D eigenvalue weighted by molar-refractivity contribution is 0.0596. The van der Waals surface area contributed by atoms with E-state index in [1.165, 1.54) is 0 Å². The summed E-state index contributed by atoms with van der Waals surface area (Å²) in [6.45, 7) is 5.71. The van der Waals surface area contributed by atoms with E-state index in [2.05, 4.69) is 40.2 Å². The number of amides is 1. The van der Waals surface area contributed by atoms with Crippen LogP contribution >= 0.6 is 15.9 Å². The Morgan fingerprint density at radius 2 is 2.18 bits per heavy atom. The van der Waals surface area contributed by atoms with Crippen LogP contribution in [0.3, 0.4) is 0 Å². The highest BCUT2D eigenvalue weighted by atomic mass is 79.9. The summed E-state index contributed by atoms with van der Waals surface area (Å²) in [5, 5.41) is 7.82. The molecule has 1 amide bonds. The number of benzene rings is 1. The molecule has 1 fully saturated rings. The molecule has 116 valence electrons. The molecule has 0 bridgehead atoms. The Morgan fingerprint density at radius 3 is 2.95 bits per heavy atom. The molecule has 1 aromatic carbocycles. The summed E-state index contributed by atoms with van der Waals surface area (Å²) < 4.78 is 2.71. The molecule has 0 saturated carbocycles. The summed E-state index contributed by atoms with van der Waals surface area (Å²) >= 11 is 3.45. The molecular formula is C16H19BrN4O. The molecule has 2 unspecified atom stereocenters. The first kappa shape index (κ1) is 15.2. The zero-order valence-electron chi connectivity index (χ0n) is 12.7. The van der Waals surface area contributed by atoms with Gasteiger partial charge in [-0.15, -0.1) is 0 Å². The minimum absolute atomic E-state index is 0.00500. The first-order valence-electron chi connectivity index (χ1n) is 7.42. The van der Waals surface area contributed by atoms with E-state index in [0.717, 1.165) is 16.7 Å². The van der Waals surface area contributed by atoms with Gasteiger partial charge in [-0.3, -0.25) is 4.79 Å². The number of carbonyl (C=O) groups excluding carboxylic acids is 1. The van der Waals surface area contributed by atoms with Crippen molar-refractivity contribution in [3.63, 3.8) is 0 Å². The quantitative estimate of drug-likeness (QED) is 0.892. The van der Waals surface area contributed by atoms with Gasteiger partial charge < -0.3 is 10.2 Å². The Morgan fingerprint density at radius 1 is 1.36 bits per heavy atom. The number of nitrogens with zero attached hydrogens (tertiary/aromatic N) is 3. The average molecular weight is 363 g/mol. The van der Waals surface area contributed by atoms with Crippen molar-refractivity contribution >= 4 is 21.8 Å². The maximum Gasteiger partial charge on any atom is 0.274 e. The summed E-state index contributed by atoms with van der Waals surface area (Å²) in [5.41, 5.74) is 1.41. The number of nitrogens with one attached hydrogen (secondary N) is 1. The van der Waals surface area contributed by atoms with Crippen LogP contribution in [0.1, 0.15) is 24.3 Å². The third-order valence-corrected chi connectivity index (χ3v) is 4.67. The molecule has 0 aliphatic carbocycles. The molecule has 1 aromatic heterocycles. The van der Waals surface area contributed by atoms with Crippen molar-refractivity contribution in [3.8, 4) is 5.69 Å². The maximum absolute atomic E-state index is 12.7. The molecule has 1 aliphatic heterocycles. The van der Waals surface area contributed by atoms with E-state index in [4.69, 9.17) is 0 Å². The number of halogens is 1. The van der Waals surface area contributed by atoms with Crippen LogP contribution in [0, 0.1) is 0 Å². The summed E-state index contributed by atoms with van der Waals surface area (Å²) in [6.07, 6.45) is 1.82. The first-order valence-corrected chi connectivity index (χ1v) is 8.21. The molecule has 22 heavy (non-hydrogen) atoms. The van der Waals surface area contributed by atoms with Gasteiger partial charge in [0.15, 0.2) is 5.69 Å². The Hall–Kier alpha value is -1.66. The van der Waals surface area contributed by atoms with Crippen molar-refractivity contribution in [1.29, 1.82) is 0 Å². The molecule has 6 heteroatoms. The Balaban J connectivity index is 1.83. The third kappa shape index (κ3) is 2.94. The van der Waals surface area contributed by atoms with Crippen molar-refractivity contribution in [2.45, 2.75) is 25.9 Å². The first-order chi connectivity index (χ1) is 10.6. The third-order valence-electron chi connectivity index (χ3n) is 4.18. The fourth-order valence-corrected chi connectivity index (χ4v) is 3.08. The molecule has 2 atom stereocenters. The number of piperazine rings is 1. The summed E-state index contributed by atoms with van der Waals surface area (Å²) in [5.74, 6) is -0.00500. The van der Waals surface area contributed by atoms with E-state index in [1.54, 1.807) is 10.7 Å². The lowest BCUT2D eigenvalue weighted by Crippen LogP contribution is -2.57. The van der Waals surface area contributed by atoms with Crippen molar-refractivity contribution < 1.29 is 4.79 Å². The number of aromatic nitrogens is 2. The molecule has 1 N–H and O–H groups in total. The fourth-order valence-electron chi connectivity index (χ4n) is 2.69. The minimum Gasteiger partial charge on any atom is -0.332 e. The van der Waals surface area contributed by atoms with Gasteiger partial charge >= 0.3 is 0 Å². The molecule has 0 spiro atoms. The van der Waals surface area contributed by atoms with Crippen LogP contribution in [0.25, 0.3) is 5.69 Å². The van der Waals surface area contributed by atoms with Crippen LogP contribution in [0.4, 0.5) is 0 Å². The van der Waals surface area contributed by atoms with Crippen LogP contribution in [0.2, 0.25) is 0 Å². The fraction of sp³-hybridized carbons (Fsp3) is 0.375. The Bertz CT molecular complexity index is 684. The van der Waals surface area contributed by atoms with E-state index >= 15 is 0 Å². The smallest absolute Gasteiger partial charge is 0.274 e. The normalized spacial score (nSPS) is 21.9. The van der Waals surface area contributed by atoms with Gasteiger partial charge in [-0.1, -0.05) is 22.0 Å². The van der Waals surface area contributed by atoms with Crippen LogP contribution in [0.15, 0.2) is 41.0 Å². The lowest BCUT2D eigenvalue weighted by atomic mass is 10.1. The molecule has 1 aliphatic rings. The highest BCUT2D eigenvalue weighted by Crippen LogP contribution is 2.17. The van der Waals surface area contributed by atoms with Gasteiger partial charge in [-0.05, 0) is 38.1 Å². The largest absolute Gasteiger partial charge is 0.332 e. The van der Waals surface area contributed by atoms with Crippen molar-refractivity contribution in [2.75, 3.05) is 13.1 Å². The zero-order valence-corrected chi connectivity index (χ0v) is 14.2. The number of hydrogen-bond donors (Lipinski definition) is 1. The Kier molecular flexibility index (Phi) is 4.31. The van der Waals surface area contributed by atoms with Crippen LogP contribution in [-0.2, 0) is 0 Å². The summed E-state index contributed by atoms with van der Waals surface area (Å²) in [6, 6.07) is 10.1. The van der Waals surface area contributed by atoms with E-state index < -0.39 is 0 Å². The van der Waals surface area contributed by atoms with Crippen molar-refractivity contribution in [2.24, 2.45) is 0 Å². The average Bonchev–Trinajstić information content (AvgIpc) is 2.99. The Labute approximate surface area is 138 Å². The van der Waals surface area contributed by atoms with Gasteiger partial charge in [0, 0.05) is 35.8 Å². The number of rotatable bonds is 2. The van der Waals surface area contributed by atoms with E-state index in [-0.39, 0.29) is 11.9 Å². The molecule has 2 heterocycles. The predicted molar refractivity (Wildman–Crippen MR) is 89.2 cm³/mol. The minimum atomic E-state index is -0.00500. The van der Waals surface area contributed by atoms with Gasteiger partial charge in [-0.2, -0.15) is 5.10 Å². The monoisotopic (exact) mass is 362 g/mol. The molecular weight excluding hydrogens is 344 g/mol. The van der Waals surface area contributed by atoms with Crippen LogP contribution < -0.4 is 5.32 Å². The van der Waals surface area contributed by atoms with E-state index in [0.29, 0.717) is 18.3 Å². The number of carbonyl (C=O) groups is 1. The standard InChI is InChI=1S/C16H19BrN4O/c1-11-12(2)20(9-7-18-11)16(22)15-6-8-21(19-15)14-5-3-4-13(17)10-14/h3-6,8,10-12,18H,7,9H2,1-2H3. The lowest BCUT2D eigenvalue weighted by Gasteiger charge is -2.38. The molecule has 0 radical (unpaired) electrons. The highest BCUT2D eigenvalue weighted by Gasteiger charge is 2.29. The van der Waals surface area contributed by atoms with Crippen LogP contribution in [0.5, 0.6) is 0 Å². The summed E-state index contributed by atoms with van der Waals surface area (Å²) in [4.78, 5) is 14.6. The van der Waals surface area contributed by atoms with Crippen LogP contribution in [-0.4, -0.2) is 45.8 Å². The molecule has 5 nitrogen and oxygen atoms in total. The maximum atomic E-state index is 12.7. The molecule has 1 saturated heterocycles. The SMILES string of the molecule is CC1NCCN(C(=O)c2ccn(-c3cccc(Br)c3)n2)C1C. The zero-order chi connectivity index (χ0) is 15.7. The van der Waals surface area contributed by atoms with Gasteiger partial charge in [0.05, 0.1) is 5.69 Å².